The van der Waals surface area contributed by atoms with Crippen LogP contribution in [0.1, 0.15) is 70.4 Å². The highest BCUT2D eigenvalue weighted by atomic mass is 32.2. The number of alkyl halides is 3. The number of nitrogens with one attached hydrogen (secondary N) is 1. The Morgan fingerprint density at radius 2 is 1.62 bits per heavy atom. The maximum absolute atomic E-state index is 14.2. The van der Waals surface area contributed by atoms with Crippen molar-refractivity contribution in [2.45, 2.75) is 73.6 Å². The molecule has 45 heavy (non-hydrogen) atoms. The van der Waals surface area contributed by atoms with Crippen molar-refractivity contribution in [3.05, 3.63) is 88.7 Å². The van der Waals surface area contributed by atoms with E-state index in [-0.39, 0.29) is 46.2 Å². The van der Waals surface area contributed by atoms with Gasteiger partial charge in [-0.25, -0.2) is 17.6 Å². The zero-order valence-corrected chi connectivity index (χ0v) is 24.9. The molecule has 2 fully saturated rings. The van der Waals surface area contributed by atoms with Gasteiger partial charge in [0.2, 0.25) is 0 Å². The van der Waals surface area contributed by atoms with Crippen molar-refractivity contribution in [1.29, 1.82) is 0 Å². The first kappa shape index (κ1) is 31.0. The number of sulfonamides is 1. The summed E-state index contributed by atoms with van der Waals surface area (Å²) in [6.45, 7) is 1.54. The Labute approximate surface area is 256 Å². The summed E-state index contributed by atoms with van der Waals surface area (Å²) in [4.78, 5) is 24.9. The first-order chi connectivity index (χ1) is 21.1. The predicted octanol–water partition coefficient (Wildman–Crippen LogP) is 6.18. The fourth-order valence-electron chi connectivity index (χ4n) is 7.01. The smallest absolute Gasteiger partial charge is 0.417 e. The lowest BCUT2D eigenvalue weighted by Crippen LogP contribution is -2.56. The van der Waals surface area contributed by atoms with Crippen LogP contribution in [0.3, 0.4) is 0 Å². The van der Waals surface area contributed by atoms with E-state index in [0.29, 0.717) is 24.0 Å². The maximum Gasteiger partial charge on any atom is 0.417 e. The van der Waals surface area contributed by atoms with Gasteiger partial charge in [-0.2, -0.15) is 13.2 Å². The van der Waals surface area contributed by atoms with Crippen LogP contribution >= 0.6 is 0 Å². The molecule has 3 aromatic rings. The lowest BCUT2D eigenvalue weighted by atomic mass is 9.61. The third-order valence-electron chi connectivity index (χ3n) is 9.60. The minimum absolute atomic E-state index is 0.00557. The molecule has 8 nitrogen and oxygen atoms in total. The van der Waals surface area contributed by atoms with Crippen LogP contribution in [0, 0.1) is 18.7 Å². The lowest BCUT2D eigenvalue weighted by Gasteiger charge is -2.47. The first-order valence-electron chi connectivity index (χ1n) is 14.5. The number of hydrogen-bond acceptors (Lipinski definition) is 5. The molecule has 13 heteroatoms. The molecular formula is C32H30F4N2O6S. The number of carbonyl (C=O) groups excluding carboxylic acids is 1. The van der Waals surface area contributed by atoms with E-state index in [1.165, 1.54) is 40.7 Å². The fourth-order valence-corrected chi connectivity index (χ4v) is 8.81. The predicted molar refractivity (Wildman–Crippen MR) is 156 cm³/mol. The molecule has 0 saturated heterocycles. The number of nitrogens with zero attached hydrogens (tertiary/aromatic N) is 1. The number of hydrogen-bond donors (Lipinski definition) is 3. The van der Waals surface area contributed by atoms with Crippen molar-refractivity contribution < 1.29 is 45.8 Å². The average Bonchev–Trinajstić information content (AvgIpc) is 3.78. The van der Waals surface area contributed by atoms with Crippen molar-refractivity contribution in [2.24, 2.45) is 5.92 Å². The summed E-state index contributed by atoms with van der Waals surface area (Å²) in [5.74, 6) is -2.61. The number of aromatic carboxylic acids is 1. The second kappa shape index (κ2) is 10.5. The van der Waals surface area contributed by atoms with Crippen LogP contribution in [-0.2, 0) is 15.4 Å². The molecule has 1 atom stereocenters. The van der Waals surface area contributed by atoms with E-state index >= 15 is 0 Å². The molecule has 0 aromatic heterocycles. The summed E-state index contributed by atoms with van der Waals surface area (Å²) in [5, 5.41) is 22.7. The number of carboxylic acids is 1. The second-order valence-corrected chi connectivity index (χ2v) is 14.0. The number of benzene rings is 3. The number of anilines is 2. The normalized spacial score (nSPS) is 24.8. The Balaban J connectivity index is 1.46. The van der Waals surface area contributed by atoms with Crippen molar-refractivity contribution in [3.63, 3.8) is 0 Å². The van der Waals surface area contributed by atoms with Gasteiger partial charge in [0.25, 0.3) is 15.9 Å². The SMILES string of the molecule is Cc1c(NC(=O)c2ccc3c(c2)C2(CCC(O)(C(F)(F)F)CC2)C(C2CC2)N3S(=O)(=O)c2ccc(F)cc2)cccc1C(=O)O. The molecule has 3 N–H and O–H groups in total. The summed E-state index contributed by atoms with van der Waals surface area (Å²) in [6.07, 6.45) is -5.26. The zero-order chi connectivity index (χ0) is 32.5. The standard InChI is InChI=1S/C32H30F4N2O6S/c1-18-23(29(40)41)3-2-4-25(18)37-28(39)20-7-12-26-24(17-20)30(13-15-31(42,16-14-30)32(34,35)36)27(19-5-6-19)38(26)45(43,44)22-10-8-21(33)9-11-22/h2-4,7-12,17,19,27,42H,5-6,13-16H2,1H3,(H,37,39)(H,40,41). The highest BCUT2D eigenvalue weighted by Gasteiger charge is 2.65. The number of fused-ring (bicyclic) bond motifs is 2. The molecule has 2 aliphatic carbocycles. The number of amides is 1. The number of carboxylic acid groups (broad SMARTS) is 1. The first-order valence-corrected chi connectivity index (χ1v) is 15.9. The monoisotopic (exact) mass is 646 g/mol. The molecule has 3 aliphatic rings. The molecular weight excluding hydrogens is 616 g/mol. The average molecular weight is 647 g/mol. The van der Waals surface area contributed by atoms with Gasteiger partial charge in [0.05, 0.1) is 22.2 Å². The highest BCUT2D eigenvalue weighted by Crippen LogP contribution is 2.62. The number of carbonyl (C=O) groups is 2. The van der Waals surface area contributed by atoms with Crippen molar-refractivity contribution in [1.82, 2.24) is 0 Å². The van der Waals surface area contributed by atoms with Crippen molar-refractivity contribution in [3.8, 4) is 0 Å². The van der Waals surface area contributed by atoms with E-state index < -0.39 is 63.8 Å². The van der Waals surface area contributed by atoms with E-state index in [1.807, 2.05) is 0 Å². The largest absolute Gasteiger partial charge is 0.478 e. The van der Waals surface area contributed by atoms with Crippen LogP contribution < -0.4 is 9.62 Å². The molecule has 0 bridgehead atoms. The van der Waals surface area contributed by atoms with Crippen molar-refractivity contribution >= 4 is 33.3 Å². The third kappa shape index (κ3) is 5.05. The van der Waals surface area contributed by atoms with Gasteiger partial charge < -0.3 is 15.5 Å². The Hall–Kier alpha value is -3.97. The molecule has 1 aliphatic heterocycles. The van der Waals surface area contributed by atoms with Gasteiger partial charge in [0.15, 0.2) is 5.60 Å². The number of halogens is 4. The molecule has 1 heterocycles. The molecule has 0 radical (unpaired) electrons. The van der Waals surface area contributed by atoms with Gasteiger partial charge in [0, 0.05) is 16.7 Å². The molecule has 1 unspecified atom stereocenters. The second-order valence-electron chi connectivity index (χ2n) is 12.2. The molecule has 3 aromatic carbocycles. The van der Waals surface area contributed by atoms with E-state index in [4.69, 9.17) is 0 Å². The fraction of sp³-hybridized carbons (Fsp3) is 0.375. The molecule has 1 spiro atoms. The summed E-state index contributed by atoms with van der Waals surface area (Å²) in [6, 6.07) is 12.3. The van der Waals surface area contributed by atoms with Gasteiger partial charge in [-0.15, -0.1) is 0 Å². The third-order valence-corrected chi connectivity index (χ3v) is 11.4. The van der Waals surface area contributed by atoms with E-state index in [0.717, 1.165) is 24.3 Å². The highest BCUT2D eigenvalue weighted by molar-refractivity contribution is 7.92. The Bertz CT molecular complexity index is 1800. The topological polar surface area (TPSA) is 124 Å². The quantitative estimate of drug-likeness (QED) is 0.275. The number of rotatable bonds is 6. The van der Waals surface area contributed by atoms with Gasteiger partial charge in [0.1, 0.15) is 5.82 Å². The van der Waals surface area contributed by atoms with Crippen LogP contribution in [0.2, 0.25) is 0 Å². The van der Waals surface area contributed by atoms with Gasteiger partial charge in [-0.1, -0.05) is 6.07 Å². The van der Waals surface area contributed by atoms with Crippen molar-refractivity contribution in [2.75, 3.05) is 9.62 Å². The molecule has 238 valence electrons. The zero-order valence-electron chi connectivity index (χ0n) is 24.1. The van der Waals surface area contributed by atoms with Gasteiger partial charge in [-0.05, 0) is 117 Å². The summed E-state index contributed by atoms with van der Waals surface area (Å²) < 4.78 is 85.0. The van der Waals surface area contributed by atoms with E-state index in [2.05, 4.69) is 5.32 Å². The van der Waals surface area contributed by atoms with Crippen LogP contribution in [-0.4, -0.2) is 48.3 Å². The minimum atomic E-state index is -4.88. The summed E-state index contributed by atoms with van der Waals surface area (Å²) in [5.41, 5.74) is -2.81. The lowest BCUT2D eigenvalue weighted by molar-refractivity contribution is -0.273. The Morgan fingerprint density at radius 3 is 2.20 bits per heavy atom. The maximum atomic E-state index is 14.2. The van der Waals surface area contributed by atoms with E-state index in [1.54, 1.807) is 6.92 Å². The number of aliphatic hydroxyl groups is 1. The van der Waals surface area contributed by atoms with Crippen LogP contribution in [0.25, 0.3) is 0 Å². The van der Waals surface area contributed by atoms with Gasteiger partial charge >= 0.3 is 12.1 Å². The Morgan fingerprint density at radius 1 is 0.978 bits per heavy atom. The molecule has 2 saturated carbocycles. The Kier molecular flexibility index (Phi) is 7.27. The van der Waals surface area contributed by atoms with E-state index in [9.17, 15) is 45.8 Å². The van der Waals surface area contributed by atoms with Crippen LogP contribution in [0.4, 0.5) is 28.9 Å². The summed E-state index contributed by atoms with van der Waals surface area (Å²) in [7, 11) is -4.33. The minimum Gasteiger partial charge on any atom is -0.478 e. The van der Waals surface area contributed by atoms with Gasteiger partial charge in [-0.3, -0.25) is 9.10 Å². The molecule has 1 amide bonds. The summed E-state index contributed by atoms with van der Waals surface area (Å²) >= 11 is 0. The van der Waals surface area contributed by atoms with Crippen LogP contribution in [0.15, 0.2) is 65.6 Å². The van der Waals surface area contributed by atoms with Crippen LogP contribution in [0.5, 0.6) is 0 Å². The molecule has 6 rings (SSSR count).